The number of rotatable bonds is 3. The van der Waals surface area contributed by atoms with Crippen molar-refractivity contribution in [1.82, 2.24) is 15.6 Å². The average Bonchev–Trinajstić information content (AvgIpc) is 2.70. The van der Waals surface area contributed by atoms with Gasteiger partial charge in [0.2, 0.25) is 0 Å². The molecule has 0 bridgehead atoms. The van der Waals surface area contributed by atoms with Gasteiger partial charge >= 0.3 is 0 Å². The van der Waals surface area contributed by atoms with Crippen molar-refractivity contribution in [3.63, 3.8) is 0 Å². The van der Waals surface area contributed by atoms with Gasteiger partial charge in [-0.3, -0.25) is 4.99 Å². The predicted octanol–water partition coefficient (Wildman–Crippen LogP) is 2.17. The van der Waals surface area contributed by atoms with E-state index in [2.05, 4.69) is 48.3 Å². The second-order valence-electron chi connectivity index (χ2n) is 4.87. The predicted molar refractivity (Wildman–Crippen MR) is 74.6 cm³/mol. The molecule has 0 atom stereocenters. The molecule has 1 aromatic rings. The standard InChI is InChI=1S/C12H22N4S/c1-6-9-7-14-10(17-9)8-15-11(13-5)16-12(2,3)4/h7H,6,8H2,1-5H3,(H2,13,15,16). The van der Waals surface area contributed by atoms with Gasteiger partial charge in [-0.1, -0.05) is 6.92 Å². The third kappa shape index (κ3) is 5.17. The van der Waals surface area contributed by atoms with E-state index in [9.17, 15) is 0 Å². The molecular formula is C12H22N4S. The lowest BCUT2D eigenvalue weighted by molar-refractivity contribution is 0.501. The first-order valence-electron chi connectivity index (χ1n) is 5.87. The topological polar surface area (TPSA) is 49.3 Å². The fourth-order valence-corrected chi connectivity index (χ4v) is 2.09. The molecule has 2 N–H and O–H groups in total. The third-order valence-corrected chi connectivity index (χ3v) is 3.22. The molecule has 0 aliphatic carbocycles. The molecule has 0 spiro atoms. The summed E-state index contributed by atoms with van der Waals surface area (Å²) in [5, 5.41) is 7.68. The molecule has 1 aromatic heterocycles. The Morgan fingerprint density at radius 3 is 2.65 bits per heavy atom. The molecule has 5 heteroatoms. The largest absolute Gasteiger partial charge is 0.352 e. The minimum Gasteiger partial charge on any atom is -0.352 e. The summed E-state index contributed by atoms with van der Waals surface area (Å²) in [6.45, 7) is 9.19. The summed E-state index contributed by atoms with van der Waals surface area (Å²) in [7, 11) is 1.78. The van der Waals surface area contributed by atoms with Gasteiger partial charge in [0.15, 0.2) is 5.96 Å². The number of aliphatic imine (C=N–C) groups is 1. The lowest BCUT2D eigenvalue weighted by Crippen LogP contribution is -2.47. The zero-order valence-electron chi connectivity index (χ0n) is 11.3. The number of hydrogen-bond donors (Lipinski definition) is 2. The second-order valence-corrected chi connectivity index (χ2v) is 6.07. The van der Waals surface area contributed by atoms with Crippen LogP contribution in [0, 0.1) is 0 Å². The van der Waals surface area contributed by atoms with E-state index in [1.54, 1.807) is 18.4 Å². The van der Waals surface area contributed by atoms with Gasteiger partial charge in [0.1, 0.15) is 5.01 Å². The van der Waals surface area contributed by atoms with E-state index in [0.29, 0.717) is 0 Å². The van der Waals surface area contributed by atoms with Crippen LogP contribution < -0.4 is 10.6 Å². The van der Waals surface area contributed by atoms with E-state index in [1.807, 2.05) is 6.20 Å². The van der Waals surface area contributed by atoms with Crippen LogP contribution in [0.25, 0.3) is 0 Å². The first-order valence-corrected chi connectivity index (χ1v) is 6.68. The van der Waals surface area contributed by atoms with Gasteiger partial charge in [-0.15, -0.1) is 11.3 Å². The zero-order valence-corrected chi connectivity index (χ0v) is 12.1. The number of thiazole rings is 1. The number of nitrogens with one attached hydrogen (secondary N) is 2. The smallest absolute Gasteiger partial charge is 0.191 e. The van der Waals surface area contributed by atoms with E-state index in [-0.39, 0.29) is 5.54 Å². The molecule has 0 aliphatic rings. The highest BCUT2D eigenvalue weighted by Crippen LogP contribution is 2.12. The minimum atomic E-state index is 0.0132. The number of hydrogen-bond acceptors (Lipinski definition) is 3. The Morgan fingerprint density at radius 1 is 1.47 bits per heavy atom. The molecule has 0 saturated heterocycles. The van der Waals surface area contributed by atoms with Crippen molar-refractivity contribution in [2.24, 2.45) is 4.99 Å². The summed E-state index contributed by atoms with van der Waals surface area (Å²) in [4.78, 5) is 9.87. The molecule has 4 nitrogen and oxygen atoms in total. The minimum absolute atomic E-state index is 0.0132. The van der Waals surface area contributed by atoms with Crippen LogP contribution in [0.3, 0.4) is 0 Å². The number of aromatic nitrogens is 1. The molecule has 1 heterocycles. The summed E-state index contributed by atoms with van der Waals surface area (Å²) in [5.41, 5.74) is 0.0132. The van der Waals surface area contributed by atoms with Crippen molar-refractivity contribution in [2.45, 2.75) is 46.2 Å². The van der Waals surface area contributed by atoms with Crippen molar-refractivity contribution in [2.75, 3.05) is 7.05 Å². The Balaban J connectivity index is 2.48. The maximum atomic E-state index is 4.36. The van der Waals surface area contributed by atoms with Crippen LogP contribution in [-0.2, 0) is 13.0 Å². The highest BCUT2D eigenvalue weighted by atomic mass is 32.1. The second kappa shape index (κ2) is 6.00. The molecule has 0 radical (unpaired) electrons. The van der Waals surface area contributed by atoms with Crippen LogP contribution in [0.2, 0.25) is 0 Å². The van der Waals surface area contributed by atoms with Gasteiger partial charge in [0.05, 0.1) is 6.54 Å². The molecule has 96 valence electrons. The van der Waals surface area contributed by atoms with Crippen molar-refractivity contribution >= 4 is 17.3 Å². The normalized spacial score (nSPS) is 12.6. The summed E-state index contributed by atoms with van der Waals surface area (Å²) in [6.07, 6.45) is 2.99. The molecule has 0 saturated carbocycles. The lowest BCUT2D eigenvalue weighted by Gasteiger charge is -2.23. The van der Waals surface area contributed by atoms with Crippen molar-refractivity contribution in [3.8, 4) is 0 Å². The fraction of sp³-hybridized carbons (Fsp3) is 0.667. The van der Waals surface area contributed by atoms with Crippen LogP contribution in [-0.4, -0.2) is 23.5 Å². The van der Waals surface area contributed by atoms with E-state index in [0.717, 1.165) is 23.9 Å². The van der Waals surface area contributed by atoms with Gasteiger partial charge in [0.25, 0.3) is 0 Å². The Morgan fingerprint density at radius 2 is 2.18 bits per heavy atom. The zero-order chi connectivity index (χ0) is 12.9. The Bertz CT molecular complexity index is 376. The number of aryl methyl sites for hydroxylation is 1. The van der Waals surface area contributed by atoms with Crippen molar-refractivity contribution in [3.05, 3.63) is 16.1 Å². The molecule has 0 amide bonds. The first-order chi connectivity index (χ1) is 7.94. The maximum absolute atomic E-state index is 4.36. The van der Waals surface area contributed by atoms with Gasteiger partial charge < -0.3 is 10.6 Å². The maximum Gasteiger partial charge on any atom is 0.191 e. The van der Waals surface area contributed by atoms with Gasteiger partial charge in [-0.25, -0.2) is 4.98 Å². The van der Waals surface area contributed by atoms with E-state index in [4.69, 9.17) is 0 Å². The molecular weight excluding hydrogens is 232 g/mol. The van der Waals surface area contributed by atoms with E-state index < -0.39 is 0 Å². The molecule has 0 aromatic carbocycles. The van der Waals surface area contributed by atoms with Crippen LogP contribution >= 0.6 is 11.3 Å². The van der Waals surface area contributed by atoms with Crippen LogP contribution in [0.5, 0.6) is 0 Å². The van der Waals surface area contributed by atoms with Gasteiger partial charge in [-0.2, -0.15) is 0 Å². The fourth-order valence-electron chi connectivity index (χ4n) is 1.29. The summed E-state index contributed by atoms with van der Waals surface area (Å²) >= 11 is 1.75. The molecule has 0 unspecified atom stereocenters. The Hall–Kier alpha value is -1.10. The highest BCUT2D eigenvalue weighted by Gasteiger charge is 2.11. The summed E-state index contributed by atoms with van der Waals surface area (Å²) in [5.74, 6) is 0.811. The van der Waals surface area contributed by atoms with Gasteiger partial charge in [0, 0.05) is 23.7 Å². The van der Waals surface area contributed by atoms with Crippen LogP contribution in [0.15, 0.2) is 11.2 Å². The molecule has 17 heavy (non-hydrogen) atoms. The average molecular weight is 254 g/mol. The third-order valence-electron chi connectivity index (χ3n) is 2.07. The Kier molecular flexibility index (Phi) is 4.93. The van der Waals surface area contributed by atoms with Crippen LogP contribution in [0.1, 0.15) is 37.6 Å². The van der Waals surface area contributed by atoms with Crippen LogP contribution in [0.4, 0.5) is 0 Å². The number of nitrogens with zero attached hydrogens (tertiary/aromatic N) is 2. The quantitative estimate of drug-likeness (QED) is 0.642. The van der Waals surface area contributed by atoms with Crippen molar-refractivity contribution < 1.29 is 0 Å². The lowest BCUT2D eigenvalue weighted by atomic mass is 10.1. The summed E-state index contributed by atoms with van der Waals surface area (Å²) in [6, 6.07) is 0. The Labute approximate surface area is 108 Å². The highest BCUT2D eigenvalue weighted by molar-refractivity contribution is 7.11. The van der Waals surface area contributed by atoms with Crippen molar-refractivity contribution in [1.29, 1.82) is 0 Å². The number of guanidine groups is 1. The molecule has 1 rings (SSSR count). The monoisotopic (exact) mass is 254 g/mol. The SMILES string of the molecule is CCc1cnc(CNC(=NC)NC(C)(C)C)s1. The summed E-state index contributed by atoms with van der Waals surface area (Å²) < 4.78 is 0. The van der Waals surface area contributed by atoms with Gasteiger partial charge in [-0.05, 0) is 27.2 Å². The van der Waals surface area contributed by atoms with E-state index in [1.165, 1.54) is 4.88 Å². The first kappa shape index (κ1) is 14.0. The molecule has 0 fully saturated rings. The van der Waals surface area contributed by atoms with E-state index >= 15 is 0 Å². The molecule has 0 aliphatic heterocycles.